The Bertz CT molecular complexity index is 888. The molecule has 2 amide bonds. The van der Waals surface area contributed by atoms with Crippen LogP contribution in [0.5, 0.6) is 0 Å². The molecule has 2 aromatic rings. The van der Waals surface area contributed by atoms with Crippen LogP contribution in [-0.2, 0) is 9.59 Å². The second-order valence-corrected chi connectivity index (χ2v) is 10.4. The number of benzene rings is 2. The molecule has 2 heterocycles. The second kappa shape index (κ2) is 13.0. The van der Waals surface area contributed by atoms with Gasteiger partial charge in [0.15, 0.2) is 0 Å². The van der Waals surface area contributed by atoms with E-state index >= 15 is 0 Å². The summed E-state index contributed by atoms with van der Waals surface area (Å²) in [4.78, 5) is 35.1. The Labute approximate surface area is 216 Å². The Morgan fingerprint density at radius 2 is 1.00 bits per heavy atom. The van der Waals surface area contributed by atoms with Gasteiger partial charge in [0.05, 0.1) is 0 Å². The van der Waals surface area contributed by atoms with Crippen LogP contribution in [0.3, 0.4) is 0 Å². The minimum absolute atomic E-state index is 0.135. The van der Waals surface area contributed by atoms with Crippen LogP contribution < -0.4 is 0 Å². The lowest BCUT2D eigenvalue weighted by atomic mass is 10.00. The third-order valence-corrected chi connectivity index (χ3v) is 7.86. The van der Waals surface area contributed by atoms with Gasteiger partial charge in [0.25, 0.3) is 0 Å². The first-order valence-corrected chi connectivity index (χ1v) is 13.6. The van der Waals surface area contributed by atoms with E-state index in [0.29, 0.717) is 12.8 Å². The molecule has 2 saturated heterocycles. The van der Waals surface area contributed by atoms with Crippen LogP contribution in [0, 0.1) is 0 Å². The van der Waals surface area contributed by atoms with E-state index < -0.39 is 0 Å². The van der Waals surface area contributed by atoms with Gasteiger partial charge in [-0.05, 0) is 50.9 Å². The molecule has 0 unspecified atom stereocenters. The highest BCUT2D eigenvalue weighted by Gasteiger charge is 2.28. The lowest BCUT2D eigenvalue weighted by Gasteiger charge is -2.35. The molecule has 4 rings (SSSR count). The van der Waals surface area contributed by atoms with Gasteiger partial charge >= 0.3 is 0 Å². The van der Waals surface area contributed by atoms with Crippen molar-refractivity contribution in [2.24, 2.45) is 0 Å². The van der Waals surface area contributed by atoms with E-state index in [-0.39, 0.29) is 23.9 Å². The fourth-order valence-electron chi connectivity index (χ4n) is 5.66. The summed E-state index contributed by atoms with van der Waals surface area (Å²) in [6.45, 7) is 5.17. The summed E-state index contributed by atoms with van der Waals surface area (Å²) >= 11 is 0. The molecule has 0 aromatic heterocycles. The molecular weight excluding hydrogens is 448 g/mol. The maximum absolute atomic E-state index is 13.2. The third-order valence-electron chi connectivity index (χ3n) is 7.86. The summed E-state index contributed by atoms with van der Waals surface area (Å²) < 4.78 is 0. The zero-order chi connectivity index (χ0) is 25.3. The van der Waals surface area contributed by atoms with Crippen molar-refractivity contribution in [1.82, 2.24) is 19.6 Å². The van der Waals surface area contributed by atoms with Crippen LogP contribution in [0.2, 0.25) is 0 Å². The van der Waals surface area contributed by atoms with Crippen LogP contribution in [-0.4, -0.2) is 84.8 Å². The normalized spacial score (nSPS) is 23.2. The molecule has 0 spiro atoms. The van der Waals surface area contributed by atoms with E-state index in [1.54, 1.807) is 0 Å². The van der Waals surface area contributed by atoms with E-state index in [9.17, 15) is 9.59 Å². The average molecular weight is 491 g/mol. The van der Waals surface area contributed by atoms with Gasteiger partial charge in [-0.2, -0.15) is 0 Å². The highest BCUT2D eigenvalue weighted by Crippen LogP contribution is 2.27. The van der Waals surface area contributed by atoms with Crippen molar-refractivity contribution in [2.45, 2.75) is 50.6 Å². The summed E-state index contributed by atoms with van der Waals surface area (Å²) in [5, 5.41) is 0. The summed E-state index contributed by atoms with van der Waals surface area (Å²) in [5.41, 5.74) is 2.43. The SMILES string of the molecule is CN1CCCN(CCCCN2CCCN(C)[C@H](c3ccccc3)CC2=O)C(=O)C[C@@H]1c1ccccc1. The number of amides is 2. The van der Waals surface area contributed by atoms with Crippen LogP contribution >= 0.6 is 0 Å². The monoisotopic (exact) mass is 490 g/mol. The molecule has 6 heteroatoms. The molecule has 2 aliphatic heterocycles. The number of nitrogens with zero attached hydrogens (tertiary/aromatic N) is 4. The van der Waals surface area contributed by atoms with Crippen LogP contribution in [0.4, 0.5) is 0 Å². The zero-order valence-electron chi connectivity index (χ0n) is 22.0. The molecule has 0 aliphatic carbocycles. The van der Waals surface area contributed by atoms with E-state index in [4.69, 9.17) is 0 Å². The second-order valence-electron chi connectivity index (χ2n) is 10.4. The fraction of sp³-hybridized carbons (Fsp3) is 0.533. The fourth-order valence-corrected chi connectivity index (χ4v) is 5.66. The topological polar surface area (TPSA) is 47.1 Å². The summed E-state index contributed by atoms with van der Waals surface area (Å²) in [6, 6.07) is 21.0. The van der Waals surface area contributed by atoms with Crippen LogP contribution in [0.25, 0.3) is 0 Å². The van der Waals surface area contributed by atoms with Gasteiger partial charge in [-0.25, -0.2) is 0 Å². The Morgan fingerprint density at radius 3 is 1.39 bits per heavy atom. The van der Waals surface area contributed by atoms with E-state index in [2.05, 4.69) is 82.2 Å². The summed E-state index contributed by atoms with van der Waals surface area (Å²) in [6.07, 6.45) is 4.90. The molecule has 0 radical (unpaired) electrons. The number of carbonyl (C=O) groups excluding carboxylic acids is 2. The number of carbonyl (C=O) groups is 2. The van der Waals surface area contributed by atoms with Crippen molar-refractivity contribution in [3.05, 3.63) is 71.8 Å². The number of rotatable bonds is 7. The molecule has 0 bridgehead atoms. The molecule has 0 saturated carbocycles. The largest absolute Gasteiger partial charge is 0.343 e. The van der Waals surface area contributed by atoms with Gasteiger partial charge in [-0.15, -0.1) is 0 Å². The van der Waals surface area contributed by atoms with Gasteiger partial charge in [-0.3, -0.25) is 19.4 Å². The van der Waals surface area contributed by atoms with Crippen LogP contribution in [0.1, 0.15) is 61.7 Å². The average Bonchev–Trinajstić information content (AvgIpc) is 2.89. The van der Waals surface area contributed by atoms with Gasteiger partial charge < -0.3 is 9.80 Å². The molecule has 2 atom stereocenters. The standard InChI is InChI=1S/C30H42N4O2/c1-31-17-11-21-33(29(35)23-27(31)25-13-5-3-6-14-25)19-9-10-20-34-22-12-18-32(2)28(24-30(34)36)26-15-7-4-8-16-26/h3-8,13-16,27-28H,9-12,17-24H2,1-2H3/t27-,28+. The molecule has 36 heavy (non-hydrogen) atoms. The van der Waals surface area contributed by atoms with Crippen molar-refractivity contribution < 1.29 is 9.59 Å². The van der Waals surface area contributed by atoms with Crippen LogP contribution in [0.15, 0.2) is 60.7 Å². The van der Waals surface area contributed by atoms with E-state index in [1.807, 2.05) is 12.1 Å². The predicted molar refractivity (Wildman–Crippen MR) is 144 cm³/mol. The van der Waals surface area contributed by atoms with Gasteiger partial charge in [-0.1, -0.05) is 60.7 Å². The Kier molecular flexibility index (Phi) is 9.54. The minimum atomic E-state index is 0.135. The smallest absolute Gasteiger partial charge is 0.224 e. The van der Waals surface area contributed by atoms with Crippen molar-refractivity contribution in [1.29, 1.82) is 0 Å². The highest BCUT2D eigenvalue weighted by molar-refractivity contribution is 5.77. The molecular formula is C30H42N4O2. The molecule has 194 valence electrons. The Hall–Kier alpha value is -2.70. The first-order valence-electron chi connectivity index (χ1n) is 13.6. The number of hydrogen-bond acceptors (Lipinski definition) is 4. The molecule has 2 aromatic carbocycles. The minimum Gasteiger partial charge on any atom is -0.343 e. The van der Waals surface area contributed by atoms with Crippen molar-refractivity contribution in [2.75, 3.05) is 53.4 Å². The first kappa shape index (κ1) is 26.4. The van der Waals surface area contributed by atoms with Crippen molar-refractivity contribution >= 4 is 11.8 Å². The third kappa shape index (κ3) is 6.95. The molecule has 6 nitrogen and oxygen atoms in total. The Morgan fingerprint density at radius 1 is 0.611 bits per heavy atom. The summed E-state index contributed by atoms with van der Waals surface area (Å²) in [7, 11) is 4.25. The van der Waals surface area contributed by atoms with E-state index in [0.717, 1.165) is 65.0 Å². The predicted octanol–water partition coefficient (Wildman–Crippen LogP) is 4.36. The maximum Gasteiger partial charge on any atom is 0.224 e. The first-order chi connectivity index (χ1) is 17.5. The van der Waals surface area contributed by atoms with E-state index in [1.165, 1.54) is 11.1 Å². The molecule has 2 aliphatic rings. The molecule has 2 fully saturated rings. The lowest BCUT2D eigenvalue weighted by molar-refractivity contribution is -0.135. The van der Waals surface area contributed by atoms with Gasteiger partial charge in [0.2, 0.25) is 11.8 Å². The van der Waals surface area contributed by atoms with Crippen molar-refractivity contribution in [3.8, 4) is 0 Å². The van der Waals surface area contributed by atoms with Gasteiger partial charge in [0.1, 0.15) is 0 Å². The zero-order valence-corrected chi connectivity index (χ0v) is 22.0. The lowest BCUT2D eigenvalue weighted by Crippen LogP contribution is -2.42. The Balaban J connectivity index is 1.27. The highest BCUT2D eigenvalue weighted by atomic mass is 16.2. The summed E-state index contributed by atoms with van der Waals surface area (Å²) in [5.74, 6) is 0.484. The molecule has 0 N–H and O–H groups in total. The quantitative estimate of drug-likeness (QED) is 0.541. The van der Waals surface area contributed by atoms with Crippen molar-refractivity contribution in [3.63, 3.8) is 0 Å². The maximum atomic E-state index is 13.2. The van der Waals surface area contributed by atoms with Gasteiger partial charge in [0, 0.05) is 64.2 Å². The number of hydrogen-bond donors (Lipinski definition) is 0. The number of unbranched alkanes of at least 4 members (excludes halogenated alkanes) is 1.